The summed E-state index contributed by atoms with van der Waals surface area (Å²) in [6.07, 6.45) is 1.90. The van der Waals surface area contributed by atoms with Crippen LogP contribution in [0.15, 0.2) is 29.4 Å². The summed E-state index contributed by atoms with van der Waals surface area (Å²) in [7, 11) is 1.61. The number of hydrogen-bond acceptors (Lipinski definition) is 7. The average molecular weight is 326 g/mol. The zero-order valence-electron chi connectivity index (χ0n) is 11.7. The molecule has 1 heterocycles. The Kier molecular flexibility index (Phi) is 5.49. The van der Waals surface area contributed by atoms with Gasteiger partial charge >= 0.3 is 0 Å². The highest BCUT2D eigenvalue weighted by molar-refractivity contribution is 7.98. The molecule has 1 aromatic heterocycles. The van der Waals surface area contributed by atoms with Gasteiger partial charge in [0.15, 0.2) is 5.16 Å². The lowest BCUT2D eigenvalue weighted by Crippen LogP contribution is -2.11. The van der Waals surface area contributed by atoms with E-state index >= 15 is 0 Å². The van der Waals surface area contributed by atoms with Gasteiger partial charge in [-0.05, 0) is 18.4 Å². The number of ether oxygens (including phenoxy) is 1. The van der Waals surface area contributed by atoms with Gasteiger partial charge in [0, 0.05) is 23.2 Å². The fourth-order valence-corrected chi connectivity index (χ4v) is 2.37. The van der Waals surface area contributed by atoms with E-state index in [1.54, 1.807) is 13.2 Å². The minimum absolute atomic E-state index is 0.484. The molecule has 0 unspecified atom stereocenters. The van der Waals surface area contributed by atoms with Crippen LogP contribution in [0, 0.1) is 0 Å². The molecule has 0 aliphatic carbocycles. The van der Waals surface area contributed by atoms with Crippen LogP contribution in [-0.2, 0) is 6.54 Å². The molecule has 112 valence electrons. The lowest BCUT2D eigenvalue weighted by Gasteiger charge is -2.12. The van der Waals surface area contributed by atoms with E-state index in [9.17, 15) is 0 Å². The lowest BCUT2D eigenvalue weighted by molar-refractivity contribution is 0.410. The van der Waals surface area contributed by atoms with Gasteiger partial charge in [0.2, 0.25) is 0 Å². The summed E-state index contributed by atoms with van der Waals surface area (Å²) in [4.78, 5) is 8.56. The second-order valence-electron chi connectivity index (χ2n) is 4.04. The number of halogens is 1. The quantitative estimate of drug-likeness (QED) is 0.326. The SMILES string of the molecule is COc1cccc(Cl)c1CNc1cc(NN)nc(SC)n1. The van der Waals surface area contributed by atoms with Crippen LogP contribution in [0.3, 0.4) is 0 Å². The number of nitrogen functional groups attached to an aromatic ring is 1. The first-order valence-corrected chi connectivity index (χ1v) is 7.73. The van der Waals surface area contributed by atoms with Gasteiger partial charge < -0.3 is 15.5 Å². The topological polar surface area (TPSA) is 85.1 Å². The third-order valence-corrected chi connectivity index (χ3v) is 3.68. The first-order valence-electron chi connectivity index (χ1n) is 6.13. The average Bonchev–Trinajstić information content (AvgIpc) is 2.52. The van der Waals surface area contributed by atoms with Gasteiger partial charge in [0.05, 0.1) is 7.11 Å². The number of methoxy groups -OCH3 is 1. The number of nitrogens with zero attached hydrogens (tertiary/aromatic N) is 2. The number of aromatic nitrogens is 2. The maximum absolute atomic E-state index is 6.20. The van der Waals surface area contributed by atoms with Crippen LogP contribution in [0.1, 0.15) is 5.56 Å². The van der Waals surface area contributed by atoms with E-state index in [0.717, 1.165) is 11.3 Å². The van der Waals surface area contributed by atoms with Crippen molar-refractivity contribution in [1.29, 1.82) is 0 Å². The summed E-state index contributed by atoms with van der Waals surface area (Å²) in [6.45, 7) is 0.484. The highest BCUT2D eigenvalue weighted by atomic mass is 35.5. The molecule has 0 saturated carbocycles. The number of nitrogens with one attached hydrogen (secondary N) is 2. The Labute approximate surface area is 132 Å². The van der Waals surface area contributed by atoms with E-state index in [4.69, 9.17) is 22.2 Å². The molecule has 6 nitrogen and oxygen atoms in total. The second kappa shape index (κ2) is 7.35. The van der Waals surface area contributed by atoms with Gasteiger partial charge in [-0.2, -0.15) is 0 Å². The third-order valence-electron chi connectivity index (χ3n) is 2.78. The largest absolute Gasteiger partial charge is 0.496 e. The van der Waals surface area contributed by atoms with Crippen molar-refractivity contribution in [3.8, 4) is 5.75 Å². The molecular formula is C13H16ClN5OS. The molecule has 0 saturated heterocycles. The van der Waals surface area contributed by atoms with Crippen molar-refractivity contribution in [3.05, 3.63) is 34.9 Å². The molecular weight excluding hydrogens is 310 g/mol. The standard InChI is InChI=1S/C13H16ClN5OS/c1-20-10-5-3-4-9(14)8(10)7-16-11-6-12(19-15)18-13(17-11)21-2/h3-6H,7,15H2,1-2H3,(H2,16,17,18,19). The Morgan fingerprint density at radius 1 is 1.33 bits per heavy atom. The van der Waals surface area contributed by atoms with Crippen molar-refractivity contribution in [2.24, 2.45) is 5.84 Å². The van der Waals surface area contributed by atoms with Crippen LogP contribution in [0.25, 0.3) is 0 Å². The van der Waals surface area contributed by atoms with Gasteiger partial charge in [0.1, 0.15) is 17.4 Å². The summed E-state index contributed by atoms with van der Waals surface area (Å²) < 4.78 is 5.31. The Morgan fingerprint density at radius 3 is 2.76 bits per heavy atom. The molecule has 0 amide bonds. The van der Waals surface area contributed by atoms with Crippen molar-refractivity contribution >= 4 is 35.0 Å². The minimum atomic E-state index is 0.484. The molecule has 8 heteroatoms. The first-order chi connectivity index (χ1) is 10.2. The third kappa shape index (κ3) is 3.90. The van der Waals surface area contributed by atoms with Gasteiger partial charge in [-0.1, -0.05) is 29.4 Å². The van der Waals surface area contributed by atoms with Gasteiger partial charge in [-0.25, -0.2) is 15.8 Å². The van der Waals surface area contributed by atoms with Crippen molar-refractivity contribution < 1.29 is 4.74 Å². The zero-order chi connectivity index (χ0) is 15.2. The fourth-order valence-electron chi connectivity index (χ4n) is 1.76. The number of benzene rings is 1. The number of rotatable bonds is 6. The van der Waals surface area contributed by atoms with E-state index < -0.39 is 0 Å². The first kappa shape index (κ1) is 15.7. The Balaban J connectivity index is 2.20. The summed E-state index contributed by atoms with van der Waals surface area (Å²) in [5, 5.41) is 4.46. The zero-order valence-corrected chi connectivity index (χ0v) is 13.3. The normalized spacial score (nSPS) is 10.3. The monoisotopic (exact) mass is 325 g/mol. The predicted molar refractivity (Wildman–Crippen MR) is 87.0 cm³/mol. The lowest BCUT2D eigenvalue weighted by atomic mass is 10.2. The van der Waals surface area contributed by atoms with Crippen LogP contribution in [0.4, 0.5) is 11.6 Å². The number of nitrogens with two attached hydrogens (primary N) is 1. The van der Waals surface area contributed by atoms with Crippen molar-refractivity contribution in [2.75, 3.05) is 24.1 Å². The van der Waals surface area contributed by atoms with Crippen LogP contribution in [0.2, 0.25) is 5.02 Å². The Morgan fingerprint density at radius 2 is 2.10 bits per heavy atom. The molecule has 0 atom stereocenters. The van der Waals surface area contributed by atoms with Crippen LogP contribution in [-0.4, -0.2) is 23.3 Å². The Hall–Kier alpha value is -1.70. The van der Waals surface area contributed by atoms with Gasteiger partial charge in [-0.3, -0.25) is 0 Å². The van der Waals surface area contributed by atoms with Crippen LogP contribution < -0.4 is 21.3 Å². The number of hydrogen-bond donors (Lipinski definition) is 3. The van der Waals surface area contributed by atoms with Crippen LogP contribution >= 0.6 is 23.4 Å². The molecule has 0 aliphatic heterocycles. The summed E-state index contributed by atoms with van der Waals surface area (Å²) in [5.41, 5.74) is 3.39. The number of anilines is 2. The van der Waals surface area contributed by atoms with Crippen LogP contribution in [0.5, 0.6) is 5.75 Å². The second-order valence-corrected chi connectivity index (χ2v) is 5.22. The van der Waals surface area contributed by atoms with Gasteiger partial charge in [0.25, 0.3) is 0 Å². The Bertz CT molecular complexity index is 603. The maximum atomic E-state index is 6.20. The predicted octanol–water partition coefficient (Wildman–Crippen LogP) is 2.76. The van der Waals surface area contributed by atoms with Crippen molar-refractivity contribution in [2.45, 2.75) is 11.7 Å². The summed E-state index contributed by atoms with van der Waals surface area (Å²) in [5.74, 6) is 7.33. The van der Waals surface area contributed by atoms with E-state index in [-0.39, 0.29) is 0 Å². The molecule has 0 fully saturated rings. The van der Waals surface area contributed by atoms with E-state index in [2.05, 4.69) is 20.7 Å². The molecule has 0 bridgehead atoms. The maximum Gasteiger partial charge on any atom is 0.191 e. The molecule has 0 aliphatic rings. The fraction of sp³-hybridized carbons (Fsp3) is 0.231. The van der Waals surface area contributed by atoms with Crippen molar-refractivity contribution in [3.63, 3.8) is 0 Å². The molecule has 2 aromatic rings. The van der Waals surface area contributed by atoms with E-state index in [1.807, 2.05) is 24.5 Å². The molecule has 2 rings (SSSR count). The molecule has 1 aromatic carbocycles. The van der Waals surface area contributed by atoms with E-state index in [1.165, 1.54) is 11.8 Å². The van der Waals surface area contributed by atoms with Gasteiger partial charge in [-0.15, -0.1) is 0 Å². The van der Waals surface area contributed by atoms with E-state index in [0.29, 0.717) is 28.4 Å². The highest BCUT2D eigenvalue weighted by Gasteiger charge is 2.09. The molecule has 0 radical (unpaired) electrons. The molecule has 4 N–H and O–H groups in total. The molecule has 21 heavy (non-hydrogen) atoms. The number of thioether (sulfide) groups is 1. The number of hydrazine groups is 1. The highest BCUT2D eigenvalue weighted by Crippen LogP contribution is 2.27. The van der Waals surface area contributed by atoms with Crippen molar-refractivity contribution in [1.82, 2.24) is 9.97 Å². The minimum Gasteiger partial charge on any atom is -0.496 e. The summed E-state index contributed by atoms with van der Waals surface area (Å²) >= 11 is 7.64. The molecule has 0 spiro atoms. The smallest absolute Gasteiger partial charge is 0.191 e. The summed E-state index contributed by atoms with van der Waals surface area (Å²) in [6, 6.07) is 7.25.